The van der Waals surface area contributed by atoms with E-state index < -0.39 is 17.8 Å². The Morgan fingerprint density at radius 2 is 1.81 bits per heavy atom. The molecule has 0 aromatic heterocycles. The molecule has 1 saturated carbocycles. The fourth-order valence-electron chi connectivity index (χ4n) is 3.71. The van der Waals surface area contributed by atoms with E-state index in [1.54, 1.807) is 0 Å². The molecule has 5 heteroatoms. The van der Waals surface area contributed by atoms with Crippen molar-refractivity contribution in [3.8, 4) is 0 Å². The van der Waals surface area contributed by atoms with Gasteiger partial charge in [-0.05, 0) is 49.4 Å². The predicted octanol–water partition coefficient (Wildman–Crippen LogP) is 2.68. The van der Waals surface area contributed by atoms with E-state index in [4.69, 9.17) is 0 Å². The highest BCUT2D eigenvalue weighted by Crippen LogP contribution is 2.40. The fourth-order valence-corrected chi connectivity index (χ4v) is 3.71. The highest BCUT2D eigenvalue weighted by molar-refractivity contribution is 5.97. The van der Waals surface area contributed by atoms with E-state index >= 15 is 0 Å². The van der Waals surface area contributed by atoms with Crippen LogP contribution in [0.4, 0.5) is 4.39 Å². The number of rotatable bonds is 2. The molecule has 1 aliphatic carbocycles. The lowest BCUT2D eigenvalue weighted by Crippen LogP contribution is -2.46. The molecule has 1 heterocycles. The zero-order chi connectivity index (χ0) is 15.0. The smallest absolute Gasteiger partial charge is 0.326 e. The molecule has 4 nitrogen and oxygen atoms in total. The van der Waals surface area contributed by atoms with Gasteiger partial charge in [-0.2, -0.15) is 0 Å². The summed E-state index contributed by atoms with van der Waals surface area (Å²) >= 11 is 0. The van der Waals surface area contributed by atoms with Gasteiger partial charge in [-0.25, -0.2) is 9.18 Å². The summed E-state index contributed by atoms with van der Waals surface area (Å²) < 4.78 is 13.0. The molecule has 1 aromatic carbocycles. The summed E-state index contributed by atoms with van der Waals surface area (Å²) in [5.74, 6) is -1.36. The van der Waals surface area contributed by atoms with Crippen molar-refractivity contribution in [2.45, 2.75) is 44.2 Å². The van der Waals surface area contributed by atoms with Crippen LogP contribution in [-0.2, 0) is 4.79 Å². The van der Waals surface area contributed by atoms with E-state index in [2.05, 4.69) is 0 Å². The van der Waals surface area contributed by atoms with Gasteiger partial charge in [-0.15, -0.1) is 0 Å². The van der Waals surface area contributed by atoms with Crippen LogP contribution in [0.15, 0.2) is 24.3 Å². The van der Waals surface area contributed by atoms with Gasteiger partial charge in [0.05, 0.1) is 0 Å². The lowest BCUT2D eigenvalue weighted by atomic mass is 9.84. The molecule has 1 amide bonds. The number of amides is 1. The van der Waals surface area contributed by atoms with Gasteiger partial charge in [0.15, 0.2) is 0 Å². The second kappa shape index (κ2) is 5.47. The minimum atomic E-state index is -0.945. The van der Waals surface area contributed by atoms with Crippen molar-refractivity contribution in [1.82, 2.24) is 4.90 Å². The third kappa shape index (κ3) is 2.52. The summed E-state index contributed by atoms with van der Waals surface area (Å²) in [6, 6.07) is 4.57. The predicted molar refractivity (Wildman–Crippen MR) is 74.4 cm³/mol. The van der Waals surface area contributed by atoms with Crippen LogP contribution < -0.4 is 0 Å². The fraction of sp³-hybridized carbons (Fsp3) is 0.500. The molecule has 0 unspecified atom stereocenters. The number of hydrogen-bond donors (Lipinski definition) is 1. The molecule has 1 saturated heterocycles. The van der Waals surface area contributed by atoms with Crippen molar-refractivity contribution in [3.05, 3.63) is 35.6 Å². The van der Waals surface area contributed by atoms with E-state index in [0.717, 1.165) is 25.7 Å². The summed E-state index contributed by atoms with van der Waals surface area (Å²) in [7, 11) is 0. The zero-order valence-corrected chi connectivity index (χ0v) is 11.7. The molecule has 112 valence electrons. The van der Waals surface area contributed by atoms with Crippen LogP contribution in [0.1, 0.15) is 42.5 Å². The van der Waals surface area contributed by atoms with E-state index in [-0.39, 0.29) is 17.9 Å². The summed E-state index contributed by atoms with van der Waals surface area (Å²) in [6.45, 7) is 0. The molecule has 3 atom stereocenters. The van der Waals surface area contributed by atoms with Crippen molar-refractivity contribution >= 4 is 11.9 Å². The van der Waals surface area contributed by atoms with Crippen molar-refractivity contribution < 1.29 is 19.1 Å². The van der Waals surface area contributed by atoms with Gasteiger partial charge in [0, 0.05) is 11.6 Å². The summed E-state index contributed by atoms with van der Waals surface area (Å²) in [5, 5.41) is 9.42. The summed E-state index contributed by atoms with van der Waals surface area (Å²) in [5.41, 5.74) is 0.355. The molecule has 2 fully saturated rings. The molecule has 1 N–H and O–H groups in total. The molecule has 0 bridgehead atoms. The Kier molecular flexibility index (Phi) is 3.66. The van der Waals surface area contributed by atoms with Gasteiger partial charge in [0.2, 0.25) is 0 Å². The summed E-state index contributed by atoms with van der Waals surface area (Å²) in [6.07, 6.45) is 4.52. The molecular formula is C16H18FNO3. The summed E-state index contributed by atoms with van der Waals surface area (Å²) in [4.78, 5) is 25.7. The Hall–Kier alpha value is -1.91. The van der Waals surface area contributed by atoms with Crippen LogP contribution in [0.2, 0.25) is 0 Å². The Morgan fingerprint density at radius 1 is 1.14 bits per heavy atom. The number of benzene rings is 1. The normalized spacial score (nSPS) is 28.2. The Morgan fingerprint density at radius 3 is 2.48 bits per heavy atom. The number of aliphatic carboxylic acids is 1. The second-order valence-electron chi connectivity index (χ2n) is 5.92. The highest BCUT2D eigenvalue weighted by atomic mass is 19.1. The average Bonchev–Trinajstić information content (AvgIpc) is 2.87. The maximum atomic E-state index is 13.0. The maximum Gasteiger partial charge on any atom is 0.326 e. The Bertz CT molecular complexity index is 557. The monoisotopic (exact) mass is 291 g/mol. The van der Waals surface area contributed by atoms with Crippen LogP contribution in [0, 0.1) is 11.7 Å². The van der Waals surface area contributed by atoms with Gasteiger partial charge in [-0.3, -0.25) is 4.79 Å². The Labute approximate surface area is 122 Å². The van der Waals surface area contributed by atoms with E-state index in [9.17, 15) is 19.1 Å². The molecule has 21 heavy (non-hydrogen) atoms. The van der Waals surface area contributed by atoms with Crippen molar-refractivity contribution in [2.24, 2.45) is 5.92 Å². The minimum Gasteiger partial charge on any atom is -0.480 e. The lowest BCUT2D eigenvalue weighted by Gasteiger charge is -2.33. The van der Waals surface area contributed by atoms with Crippen molar-refractivity contribution in [1.29, 1.82) is 0 Å². The van der Waals surface area contributed by atoms with Crippen LogP contribution in [-0.4, -0.2) is 34.0 Å². The van der Waals surface area contributed by atoms with Gasteiger partial charge in [0.1, 0.15) is 11.9 Å². The average molecular weight is 291 g/mol. The number of nitrogens with zero attached hydrogens (tertiary/aromatic N) is 1. The lowest BCUT2D eigenvalue weighted by molar-refractivity contribution is -0.141. The minimum absolute atomic E-state index is 0.0115. The molecule has 1 aliphatic heterocycles. The van der Waals surface area contributed by atoms with Crippen LogP contribution in [0.25, 0.3) is 0 Å². The zero-order valence-electron chi connectivity index (χ0n) is 11.7. The van der Waals surface area contributed by atoms with Crippen LogP contribution in [0.3, 0.4) is 0 Å². The number of carboxylic acid groups (broad SMARTS) is 1. The second-order valence-corrected chi connectivity index (χ2v) is 5.92. The molecule has 3 rings (SSSR count). The number of fused-ring (bicyclic) bond motifs is 1. The highest BCUT2D eigenvalue weighted by Gasteiger charge is 2.47. The van der Waals surface area contributed by atoms with Gasteiger partial charge in [-0.1, -0.05) is 12.8 Å². The SMILES string of the molecule is O=C(O)[C@H]1C[C@@H]2CCCC[C@@H]2N1C(=O)c1ccc(F)cc1. The number of likely N-dealkylation sites (tertiary alicyclic amines) is 1. The number of carbonyl (C=O) groups is 2. The number of halogens is 1. The van der Waals surface area contributed by atoms with Gasteiger partial charge in [0.25, 0.3) is 5.91 Å². The molecular weight excluding hydrogens is 273 g/mol. The maximum absolute atomic E-state index is 13.0. The van der Waals surface area contributed by atoms with Crippen molar-refractivity contribution in [2.75, 3.05) is 0 Å². The van der Waals surface area contributed by atoms with Crippen LogP contribution in [0.5, 0.6) is 0 Å². The molecule has 1 aromatic rings. The molecule has 2 aliphatic rings. The van der Waals surface area contributed by atoms with E-state index in [1.165, 1.54) is 29.2 Å². The molecule has 0 radical (unpaired) electrons. The molecule has 0 spiro atoms. The topological polar surface area (TPSA) is 57.6 Å². The van der Waals surface area contributed by atoms with Gasteiger partial charge >= 0.3 is 5.97 Å². The quantitative estimate of drug-likeness (QED) is 0.911. The van der Waals surface area contributed by atoms with E-state index in [0.29, 0.717) is 12.0 Å². The van der Waals surface area contributed by atoms with Crippen LogP contribution >= 0.6 is 0 Å². The first-order chi connectivity index (χ1) is 10.1. The van der Waals surface area contributed by atoms with Gasteiger partial charge < -0.3 is 10.0 Å². The first-order valence-corrected chi connectivity index (χ1v) is 7.39. The number of carboxylic acids is 1. The largest absolute Gasteiger partial charge is 0.480 e. The number of hydrogen-bond acceptors (Lipinski definition) is 2. The third-order valence-electron chi connectivity index (χ3n) is 4.70. The standard InChI is InChI=1S/C16H18FNO3/c17-12-7-5-10(6-8-12)15(19)18-13-4-2-1-3-11(13)9-14(18)16(20)21/h5-8,11,13-14H,1-4,9H2,(H,20,21)/t11-,13-,14+/m0/s1. The number of carbonyl (C=O) groups excluding carboxylic acids is 1. The Balaban J connectivity index is 1.90. The van der Waals surface area contributed by atoms with E-state index in [1.807, 2.05) is 0 Å². The first-order valence-electron chi connectivity index (χ1n) is 7.39. The van der Waals surface area contributed by atoms with Crippen molar-refractivity contribution in [3.63, 3.8) is 0 Å². The first kappa shape index (κ1) is 14.0. The third-order valence-corrected chi connectivity index (χ3v) is 4.70.